The van der Waals surface area contributed by atoms with Crippen molar-refractivity contribution in [3.8, 4) is 0 Å². The number of amides is 1. The first-order valence-electron chi connectivity index (χ1n) is 12.5. The van der Waals surface area contributed by atoms with Crippen molar-refractivity contribution >= 4 is 35.2 Å². The van der Waals surface area contributed by atoms with Gasteiger partial charge >= 0.3 is 0 Å². The number of rotatable bonds is 5. The van der Waals surface area contributed by atoms with E-state index in [4.69, 9.17) is 23.2 Å². The first kappa shape index (κ1) is 26.1. The molecule has 2 aromatic rings. The van der Waals surface area contributed by atoms with Crippen molar-refractivity contribution in [1.82, 2.24) is 30.0 Å². The molecule has 1 aromatic heterocycles. The third-order valence-corrected chi connectivity index (χ3v) is 8.05. The highest BCUT2D eigenvalue weighted by molar-refractivity contribution is 6.35. The van der Waals surface area contributed by atoms with Crippen molar-refractivity contribution < 1.29 is 4.79 Å². The van der Waals surface area contributed by atoms with Gasteiger partial charge < -0.3 is 4.90 Å². The van der Waals surface area contributed by atoms with Crippen molar-refractivity contribution in [3.63, 3.8) is 0 Å². The Morgan fingerprint density at radius 2 is 1.77 bits per heavy atom. The Balaban J connectivity index is 1.71. The lowest BCUT2D eigenvalue weighted by Crippen LogP contribution is -2.58. The molecule has 0 radical (unpaired) electrons. The molecule has 1 aliphatic heterocycles. The molecule has 35 heavy (non-hydrogen) atoms. The predicted molar refractivity (Wildman–Crippen MR) is 140 cm³/mol. The summed E-state index contributed by atoms with van der Waals surface area (Å²) in [6.07, 6.45) is 9.77. The highest BCUT2D eigenvalue weighted by Gasteiger charge is 2.46. The monoisotopic (exact) mass is 518 g/mol. The maximum absolute atomic E-state index is 11.9. The van der Waals surface area contributed by atoms with Crippen LogP contribution in [0.3, 0.4) is 0 Å². The molecule has 1 aliphatic carbocycles. The summed E-state index contributed by atoms with van der Waals surface area (Å²) in [6.45, 7) is 11.4. The SMILES string of the molecule is CC(=O)N1CCN(C2(c3nnnn3C(/C=C/c3ccc(Cl)cc3Cl)C(C)(C)C)CCCCC2)CC1. The fourth-order valence-corrected chi connectivity index (χ4v) is 5.99. The van der Waals surface area contributed by atoms with Gasteiger partial charge in [0.25, 0.3) is 0 Å². The molecule has 2 heterocycles. The molecule has 1 saturated heterocycles. The molecular formula is C26H36Cl2N6O. The molecule has 4 rings (SSSR count). The van der Waals surface area contributed by atoms with Crippen molar-refractivity contribution in [3.05, 3.63) is 45.7 Å². The van der Waals surface area contributed by atoms with Gasteiger partial charge in [0.1, 0.15) is 0 Å². The fraction of sp³-hybridized carbons (Fsp3) is 0.615. The molecule has 1 atom stereocenters. The zero-order valence-electron chi connectivity index (χ0n) is 21.2. The van der Waals surface area contributed by atoms with E-state index in [0.717, 1.165) is 63.3 Å². The Hall–Kier alpha value is -1.96. The second kappa shape index (κ2) is 10.6. The second-order valence-electron chi connectivity index (χ2n) is 10.9. The van der Waals surface area contributed by atoms with E-state index in [1.807, 2.05) is 27.8 Å². The number of piperazine rings is 1. The molecule has 1 unspecified atom stereocenters. The second-order valence-corrected chi connectivity index (χ2v) is 11.7. The Morgan fingerprint density at radius 1 is 1.09 bits per heavy atom. The normalized spacial score (nSPS) is 20.3. The molecule has 9 heteroatoms. The zero-order valence-corrected chi connectivity index (χ0v) is 22.7. The van der Waals surface area contributed by atoms with E-state index in [0.29, 0.717) is 10.0 Å². The fourth-order valence-electron chi connectivity index (χ4n) is 5.52. The molecule has 1 amide bonds. The Labute approximate surface area is 218 Å². The molecule has 0 bridgehead atoms. The first-order valence-corrected chi connectivity index (χ1v) is 13.3. The van der Waals surface area contributed by atoms with Crippen LogP contribution in [0.4, 0.5) is 0 Å². The third-order valence-electron chi connectivity index (χ3n) is 7.49. The zero-order chi connectivity index (χ0) is 25.2. The number of hydrogen-bond acceptors (Lipinski definition) is 5. The minimum Gasteiger partial charge on any atom is -0.340 e. The minimum atomic E-state index is -0.222. The van der Waals surface area contributed by atoms with Gasteiger partial charge in [0.05, 0.1) is 11.6 Å². The van der Waals surface area contributed by atoms with Crippen molar-refractivity contribution in [1.29, 1.82) is 0 Å². The Morgan fingerprint density at radius 3 is 2.37 bits per heavy atom. The van der Waals surface area contributed by atoms with Crippen molar-refractivity contribution in [2.45, 2.75) is 71.4 Å². The van der Waals surface area contributed by atoms with Crippen LogP contribution in [0, 0.1) is 5.41 Å². The average Bonchev–Trinajstić information content (AvgIpc) is 3.30. The molecular weight excluding hydrogens is 483 g/mol. The van der Waals surface area contributed by atoms with E-state index in [-0.39, 0.29) is 22.9 Å². The summed E-state index contributed by atoms with van der Waals surface area (Å²) in [6, 6.07) is 5.46. The van der Waals surface area contributed by atoms with Crippen LogP contribution in [0.25, 0.3) is 6.08 Å². The van der Waals surface area contributed by atoms with Crippen LogP contribution in [-0.4, -0.2) is 62.1 Å². The summed E-state index contributed by atoms with van der Waals surface area (Å²) in [5.74, 6) is 1.08. The summed E-state index contributed by atoms with van der Waals surface area (Å²) in [5.41, 5.74) is 0.551. The third kappa shape index (κ3) is 5.57. The maximum atomic E-state index is 11.9. The van der Waals surface area contributed by atoms with Gasteiger partial charge in [-0.05, 0) is 46.4 Å². The van der Waals surface area contributed by atoms with Crippen LogP contribution >= 0.6 is 23.2 Å². The van der Waals surface area contributed by atoms with Gasteiger partial charge in [0.2, 0.25) is 5.91 Å². The van der Waals surface area contributed by atoms with Crippen LogP contribution in [0.5, 0.6) is 0 Å². The predicted octanol–water partition coefficient (Wildman–Crippen LogP) is 5.60. The van der Waals surface area contributed by atoms with Crippen LogP contribution in [0.15, 0.2) is 24.3 Å². The molecule has 2 fully saturated rings. The number of nitrogens with zero attached hydrogens (tertiary/aromatic N) is 6. The standard InChI is InChI=1S/C26H36Cl2N6O/c1-19(35)32-14-16-33(17-15-32)26(12-6-5-7-13-26)24-29-30-31-34(24)23(25(2,3)4)11-9-20-8-10-21(27)18-22(20)28/h8-11,18,23H,5-7,12-17H2,1-4H3/b11-9+. The summed E-state index contributed by atoms with van der Waals surface area (Å²) in [4.78, 5) is 16.4. The first-order chi connectivity index (χ1) is 16.6. The number of tetrazole rings is 1. The Bertz CT molecular complexity index is 1060. The number of benzene rings is 1. The number of aromatic nitrogens is 4. The molecule has 2 aliphatic rings. The van der Waals surface area contributed by atoms with E-state index >= 15 is 0 Å². The van der Waals surface area contributed by atoms with Crippen molar-refractivity contribution in [2.24, 2.45) is 5.41 Å². The van der Waals surface area contributed by atoms with Gasteiger partial charge in [0.15, 0.2) is 5.82 Å². The topological polar surface area (TPSA) is 67.2 Å². The quantitative estimate of drug-likeness (QED) is 0.514. The molecule has 1 saturated carbocycles. The van der Waals surface area contributed by atoms with Gasteiger partial charge in [0, 0.05) is 43.1 Å². The lowest BCUT2D eigenvalue weighted by molar-refractivity contribution is -0.132. The summed E-state index contributed by atoms with van der Waals surface area (Å²) < 4.78 is 2.03. The van der Waals surface area contributed by atoms with Crippen LogP contribution in [0.1, 0.15) is 77.2 Å². The maximum Gasteiger partial charge on any atom is 0.219 e. The molecule has 0 spiro atoms. The average molecular weight is 520 g/mol. The van der Waals surface area contributed by atoms with E-state index in [1.54, 1.807) is 13.0 Å². The molecule has 190 valence electrons. The summed E-state index contributed by atoms with van der Waals surface area (Å²) >= 11 is 12.5. The van der Waals surface area contributed by atoms with Gasteiger partial charge in [-0.15, -0.1) is 5.10 Å². The van der Waals surface area contributed by atoms with Gasteiger partial charge in [-0.2, -0.15) is 0 Å². The molecule has 1 aromatic carbocycles. The number of carbonyl (C=O) groups is 1. The number of allylic oxidation sites excluding steroid dienone is 1. The van der Waals surface area contributed by atoms with E-state index in [1.165, 1.54) is 6.42 Å². The summed E-state index contributed by atoms with van der Waals surface area (Å²) in [5, 5.41) is 14.6. The lowest BCUT2D eigenvalue weighted by Gasteiger charge is -2.49. The van der Waals surface area contributed by atoms with Crippen LogP contribution in [-0.2, 0) is 10.3 Å². The van der Waals surface area contributed by atoms with Crippen LogP contribution < -0.4 is 0 Å². The van der Waals surface area contributed by atoms with Gasteiger partial charge in [-0.1, -0.05) is 81.5 Å². The molecule has 0 N–H and O–H groups in total. The van der Waals surface area contributed by atoms with Crippen molar-refractivity contribution in [2.75, 3.05) is 26.2 Å². The number of carbonyl (C=O) groups excluding carboxylic acids is 1. The largest absolute Gasteiger partial charge is 0.340 e. The smallest absolute Gasteiger partial charge is 0.219 e. The Kier molecular flexibility index (Phi) is 7.89. The highest BCUT2D eigenvalue weighted by Crippen LogP contribution is 2.44. The number of hydrogen-bond donors (Lipinski definition) is 0. The van der Waals surface area contributed by atoms with E-state index in [2.05, 4.69) is 47.3 Å². The van der Waals surface area contributed by atoms with E-state index < -0.39 is 0 Å². The van der Waals surface area contributed by atoms with Gasteiger partial charge in [-0.25, -0.2) is 4.68 Å². The summed E-state index contributed by atoms with van der Waals surface area (Å²) in [7, 11) is 0. The molecule has 7 nitrogen and oxygen atoms in total. The van der Waals surface area contributed by atoms with E-state index in [9.17, 15) is 4.79 Å². The van der Waals surface area contributed by atoms with Gasteiger partial charge in [-0.3, -0.25) is 9.69 Å². The van der Waals surface area contributed by atoms with Crippen LogP contribution in [0.2, 0.25) is 10.0 Å². The minimum absolute atomic E-state index is 0.0726. The number of halogens is 2. The lowest BCUT2D eigenvalue weighted by atomic mass is 9.78. The highest BCUT2D eigenvalue weighted by atomic mass is 35.5.